The lowest BCUT2D eigenvalue weighted by Gasteiger charge is -2.27. The van der Waals surface area contributed by atoms with Crippen molar-refractivity contribution < 1.29 is 23.9 Å². The van der Waals surface area contributed by atoms with Crippen molar-refractivity contribution in [3.63, 3.8) is 0 Å². The minimum absolute atomic E-state index is 0.207. The fraction of sp³-hybridized carbons (Fsp3) is 0.214. The third kappa shape index (κ3) is 2.87. The van der Waals surface area contributed by atoms with Gasteiger partial charge in [0.05, 0.1) is 23.6 Å². The van der Waals surface area contributed by atoms with E-state index in [1.807, 2.05) is 19.1 Å². The smallest absolute Gasteiger partial charge is 0.241 e. The SMILES string of the molecule is CCc1ccc(N2C(=O)[C@@H]3[C@@H](c4ccc(Cl)cc4)OC4(C(=O)c5ccccc5C4=O)[C@H]3C2=O)cc1. The number of anilines is 1. The molecule has 1 aliphatic carbocycles. The van der Waals surface area contributed by atoms with Crippen LogP contribution in [0.2, 0.25) is 5.02 Å². The van der Waals surface area contributed by atoms with Gasteiger partial charge in [0, 0.05) is 16.1 Å². The van der Waals surface area contributed by atoms with Gasteiger partial charge in [-0.25, -0.2) is 4.90 Å². The van der Waals surface area contributed by atoms with E-state index < -0.39 is 46.9 Å². The average molecular weight is 486 g/mol. The lowest BCUT2D eigenvalue weighted by molar-refractivity contribution is -0.127. The van der Waals surface area contributed by atoms with Gasteiger partial charge in [0.15, 0.2) is 0 Å². The molecule has 3 aromatic rings. The van der Waals surface area contributed by atoms with E-state index in [-0.39, 0.29) is 11.1 Å². The van der Waals surface area contributed by atoms with Crippen LogP contribution in [0, 0.1) is 11.8 Å². The third-order valence-corrected chi connectivity index (χ3v) is 7.57. The number of halogens is 1. The number of rotatable bonds is 3. The highest BCUT2D eigenvalue weighted by molar-refractivity contribution is 6.37. The minimum Gasteiger partial charge on any atom is -0.349 e. The molecule has 35 heavy (non-hydrogen) atoms. The summed E-state index contributed by atoms with van der Waals surface area (Å²) in [5.41, 5.74) is 0.374. The number of benzene rings is 3. The van der Waals surface area contributed by atoms with Crippen LogP contribution in [0.25, 0.3) is 0 Å². The Morgan fingerprint density at radius 1 is 0.829 bits per heavy atom. The predicted molar refractivity (Wildman–Crippen MR) is 128 cm³/mol. The van der Waals surface area contributed by atoms with Gasteiger partial charge in [-0.2, -0.15) is 0 Å². The van der Waals surface area contributed by atoms with Crippen molar-refractivity contribution in [2.24, 2.45) is 11.8 Å². The van der Waals surface area contributed by atoms with Crippen molar-refractivity contribution in [1.29, 1.82) is 0 Å². The van der Waals surface area contributed by atoms with Gasteiger partial charge in [-0.05, 0) is 41.8 Å². The Morgan fingerprint density at radius 2 is 1.43 bits per heavy atom. The number of carbonyl (C=O) groups excluding carboxylic acids is 4. The first-order valence-electron chi connectivity index (χ1n) is 11.5. The normalized spacial score (nSPS) is 24.4. The van der Waals surface area contributed by atoms with Gasteiger partial charge in [-0.15, -0.1) is 0 Å². The molecule has 2 saturated heterocycles. The molecule has 2 fully saturated rings. The van der Waals surface area contributed by atoms with E-state index in [1.165, 1.54) is 0 Å². The highest BCUT2D eigenvalue weighted by Gasteiger charge is 2.74. The number of imide groups is 1. The number of fused-ring (bicyclic) bond motifs is 3. The Kier molecular flexibility index (Phi) is 4.82. The van der Waals surface area contributed by atoms with E-state index in [0.717, 1.165) is 16.9 Å². The Bertz CT molecular complexity index is 1380. The van der Waals surface area contributed by atoms with Gasteiger partial charge in [0.1, 0.15) is 0 Å². The highest BCUT2D eigenvalue weighted by atomic mass is 35.5. The fourth-order valence-corrected chi connectivity index (χ4v) is 5.73. The summed E-state index contributed by atoms with van der Waals surface area (Å²) in [6.07, 6.45) is -0.152. The zero-order valence-electron chi connectivity index (χ0n) is 18.7. The van der Waals surface area contributed by atoms with E-state index in [2.05, 4.69) is 0 Å². The molecule has 3 aromatic carbocycles. The molecule has 0 aromatic heterocycles. The zero-order valence-corrected chi connectivity index (χ0v) is 19.5. The summed E-state index contributed by atoms with van der Waals surface area (Å²) in [6, 6.07) is 20.3. The molecule has 174 valence electrons. The van der Waals surface area contributed by atoms with Crippen LogP contribution in [0.15, 0.2) is 72.8 Å². The molecule has 0 bridgehead atoms. The average Bonchev–Trinajstić information content (AvgIpc) is 3.44. The molecule has 2 heterocycles. The number of hydrogen-bond donors (Lipinski definition) is 0. The molecule has 6 nitrogen and oxygen atoms in total. The Balaban J connectivity index is 1.52. The van der Waals surface area contributed by atoms with Crippen molar-refractivity contribution in [3.05, 3.63) is 100 Å². The first-order chi connectivity index (χ1) is 16.9. The summed E-state index contributed by atoms with van der Waals surface area (Å²) < 4.78 is 6.26. The van der Waals surface area contributed by atoms with Crippen LogP contribution in [0.4, 0.5) is 5.69 Å². The quantitative estimate of drug-likeness (QED) is 0.400. The van der Waals surface area contributed by atoms with Gasteiger partial charge in [-0.1, -0.05) is 67.1 Å². The number of aryl methyl sites for hydroxylation is 1. The van der Waals surface area contributed by atoms with Gasteiger partial charge < -0.3 is 4.74 Å². The Morgan fingerprint density at radius 3 is 2.00 bits per heavy atom. The molecule has 6 rings (SSSR count). The fourth-order valence-electron chi connectivity index (χ4n) is 5.61. The van der Waals surface area contributed by atoms with Crippen molar-refractivity contribution >= 4 is 40.7 Å². The summed E-state index contributed by atoms with van der Waals surface area (Å²) in [5.74, 6) is -4.54. The van der Waals surface area contributed by atoms with E-state index in [4.69, 9.17) is 16.3 Å². The van der Waals surface area contributed by atoms with E-state index in [1.54, 1.807) is 60.7 Å². The largest absolute Gasteiger partial charge is 0.349 e. The second-order valence-electron chi connectivity index (χ2n) is 9.06. The van der Waals surface area contributed by atoms with E-state index >= 15 is 0 Å². The molecule has 0 N–H and O–H groups in total. The van der Waals surface area contributed by atoms with Gasteiger partial charge in [0.2, 0.25) is 29.0 Å². The summed E-state index contributed by atoms with van der Waals surface area (Å²) in [6.45, 7) is 2.01. The van der Waals surface area contributed by atoms with Crippen LogP contribution >= 0.6 is 11.6 Å². The van der Waals surface area contributed by atoms with Crippen LogP contribution < -0.4 is 4.90 Å². The number of hydrogen-bond acceptors (Lipinski definition) is 5. The molecule has 0 unspecified atom stereocenters. The van der Waals surface area contributed by atoms with Crippen molar-refractivity contribution in [1.82, 2.24) is 0 Å². The molecule has 2 amide bonds. The number of Topliss-reactive ketones (excluding diaryl/α,β-unsaturated/α-hetero) is 2. The highest BCUT2D eigenvalue weighted by Crippen LogP contribution is 2.57. The van der Waals surface area contributed by atoms with Gasteiger partial charge >= 0.3 is 0 Å². The molecule has 0 radical (unpaired) electrons. The van der Waals surface area contributed by atoms with Crippen molar-refractivity contribution in [2.75, 3.05) is 4.90 Å². The molecule has 3 atom stereocenters. The summed E-state index contributed by atoms with van der Waals surface area (Å²) >= 11 is 6.06. The van der Waals surface area contributed by atoms with E-state index in [9.17, 15) is 19.2 Å². The van der Waals surface area contributed by atoms with E-state index in [0.29, 0.717) is 16.3 Å². The lowest BCUT2D eigenvalue weighted by Crippen LogP contribution is -2.51. The number of ketones is 2. The molecular formula is C28H20ClNO5. The maximum Gasteiger partial charge on any atom is 0.241 e. The summed E-state index contributed by atoms with van der Waals surface area (Å²) in [5, 5.41) is 0.491. The second-order valence-corrected chi connectivity index (χ2v) is 9.50. The van der Waals surface area contributed by atoms with Crippen molar-refractivity contribution in [3.8, 4) is 0 Å². The second kappa shape index (κ2) is 7.70. The lowest BCUT2D eigenvalue weighted by atomic mass is 9.77. The molecule has 3 aliphatic rings. The Labute approximate surface area is 206 Å². The molecule has 7 heteroatoms. The first kappa shape index (κ1) is 21.9. The Hall–Kier alpha value is -3.61. The number of amides is 2. The molecule has 2 aliphatic heterocycles. The van der Waals surface area contributed by atoms with Gasteiger partial charge in [0.25, 0.3) is 0 Å². The van der Waals surface area contributed by atoms with Crippen molar-refractivity contribution in [2.45, 2.75) is 25.0 Å². The predicted octanol–water partition coefficient (Wildman–Crippen LogP) is 4.60. The molecule has 1 spiro atoms. The maximum atomic E-state index is 13.9. The number of ether oxygens (including phenoxy) is 1. The van der Waals surface area contributed by atoms with Crippen LogP contribution in [0.1, 0.15) is 44.9 Å². The van der Waals surface area contributed by atoms with Crippen LogP contribution in [-0.4, -0.2) is 29.0 Å². The topological polar surface area (TPSA) is 80.8 Å². The number of nitrogens with zero attached hydrogens (tertiary/aromatic N) is 1. The maximum absolute atomic E-state index is 13.9. The summed E-state index contributed by atoms with van der Waals surface area (Å²) in [7, 11) is 0. The monoisotopic (exact) mass is 485 g/mol. The summed E-state index contributed by atoms with van der Waals surface area (Å²) in [4.78, 5) is 56.3. The zero-order chi connectivity index (χ0) is 24.5. The van der Waals surface area contributed by atoms with Gasteiger partial charge in [-0.3, -0.25) is 19.2 Å². The molecular weight excluding hydrogens is 466 g/mol. The third-order valence-electron chi connectivity index (χ3n) is 7.32. The van der Waals surface area contributed by atoms with Crippen LogP contribution in [0.3, 0.4) is 0 Å². The van der Waals surface area contributed by atoms with Crippen LogP contribution in [-0.2, 0) is 20.7 Å². The first-order valence-corrected chi connectivity index (χ1v) is 11.8. The standard InChI is InChI=1S/C28H20ClNO5/c1-2-15-7-13-18(14-8-15)30-26(33)21-22(27(30)34)28(35-23(21)16-9-11-17(29)12-10-16)24(31)19-5-3-4-6-20(19)25(28)32/h3-14,21-23H,2H2,1H3/t21-,22+,23+/m0/s1. The molecule has 0 saturated carbocycles. The minimum atomic E-state index is -2.08. The number of carbonyl (C=O) groups is 4. The van der Waals surface area contributed by atoms with Crippen LogP contribution in [0.5, 0.6) is 0 Å².